The number of amides is 1. The van der Waals surface area contributed by atoms with Crippen LogP contribution in [0, 0.1) is 11.8 Å². The molecule has 166 valence electrons. The number of thioether (sulfide) groups is 1. The molecule has 5 nitrogen and oxygen atoms in total. The topological polar surface area (TPSA) is 66.9 Å². The van der Waals surface area contributed by atoms with E-state index in [1.807, 2.05) is 42.6 Å². The monoisotopic (exact) mass is 462 g/mol. The van der Waals surface area contributed by atoms with E-state index in [0.717, 1.165) is 58.4 Å². The van der Waals surface area contributed by atoms with Gasteiger partial charge in [0, 0.05) is 45.0 Å². The Morgan fingerprint density at radius 1 is 1.03 bits per heavy atom. The summed E-state index contributed by atoms with van der Waals surface area (Å²) in [5.41, 5.74) is 4.24. The van der Waals surface area contributed by atoms with Crippen molar-refractivity contribution in [3.8, 4) is 11.8 Å². The molecule has 0 unspecified atom stereocenters. The van der Waals surface area contributed by atoms with E-state index in [4.69, 9.17) is 0 Å². The van der Waals surface area contributed by atoms with Gasteiger partial charge in [-0.25, -0.2) is 9.97 Å². The highest BCUT2D eigenvalue weighted by Crippen LogP contribution is 2.51. The number of anilines is 3. The van der Waals surface area contributed by atoms with E-state index >= 15 is 0 Å². The smallest absolute Gasteiger partial charge is 0.235 e. The SMILES string of the molecule is CSc1ccc(Nc2cc3c(C#Cc4ccc5c(c4)NC(=O)C54CCC4)nccc3cn2)cc1. The molecule has 1 aliphatic carbocycles. The second kappa shape index (κ2) is 8.19. The summed E-state index contributed by atoms with van der Waals surface area (Å²) in [4.78, 5) is 22.8. The van der Waals surface area contributed by atoms with Gasteiger partial charge in [-0.2, -0.15) is 0 Å². The molecular weight excluding hydrogens is 440 g/mol. The van der Waals surface area contributed by atoms with E-state index in [2.05, 4.69) is 56.9 Å². The van der Waals surface area contributed by atoms with Crippen LogP contribution < -0.4 is 10.6 Å². The van der Waals surface area contributed by atoms with Crippen LogP contribution in [0.25, 0.3) is 10.8 Å². The fourth-order valence-corrected chi connectivity index (χ4v) is 5.13. The van der Waals surface area contributed by atoms with E-state index in [1.165, 1.54) is 4.90 Å². The molecule has 1 spiro atoms. The molecule has 0 bridgehead atoms. The molecule has 1 amide bonds. The van der Waals surface area contributed by atoms with Gasteiger partial charge in [0.05, 0.1) is 5.41 Å². The normalized spacial score (nSPS) is 15.3. The first kappa shape index (κ1) is 20.8. The summed E-state index contributed by atoms with van der Waals surface area (Å²) in [7, 11) is 0. The maximum Gasteiger partial charge on any atom is 0.235 e. The summed E-state index contributed by atoms with van der Waals surface area (Å²) in [5, 5.41) is 8.34. The van der Waals surface area contributed by atoms with Crippen LogP contribution in [-0.2, 0) is 10.2 Å². The second-order valence-corrected chi connectivity index (χ2v) is 9.58. The number of hydrogen-bond donors (Lipinski definition) is 2. The maximum atomic E-state index is 12.5. The van der Waals surface area contributed by atoms with Crippen molar-refractivity contribution in [3.63, 3.8) is 0 Å². The Bertz CT molecular complexity index is 1500. The number of benzene rings is 2. The summed E-state index contributed by atoms with van der Waals surface area (Å²) >= 11 is 1.71. The molecule has 1 saturated carbocycles. The molecule has 6 heteroatoms. The molecule has 0 atom stereocenters. The van der Waals surface area contributed by atoms with Gasteiger partial charge in [-0.15, -0.1) is 11.8 Å². The number of pyridine rings is 2. The third-order valence-electron chi connectivity index (χ3n) is 6.76. The Hall–Kier alpha value is -3.82. The molecule has 2 aliphatic rings. The van der Waals surface area contributed by atoms with Crippen LogP contribution >= 0.6 is 11.8 Å². The molecule has 2 aromatic heterocycles. The Labute approximate surface area is 202 Å². The van der Waals surface area contributed by atoms with Crippen molar-refractivity contribution < 1.29 is 4.79 Å². The third-order valence-corrected chi connectivity index (χ3v) is 7.50. The van der Waals surface area contributed by atoms with Crippen molar-refractivity contribution in [3.05, 3.63) is 83.8 Å². The Morgan fingerprint density at radius 2 is 1.88 bits per heavy atom. The first-order chi connectivity index (χ1) is 16.6. The molecule has 3 heterocycles. The molecule has 6 rings (SSSR count). The summed E-state index contributed by atoms with van der Waals surface area (Å²) in [6.45, 7) is 0. The van der Waals surface area contributed by atoms with Crippen LogP contribution in [0.5, 0.6) is 0 Å². The lowest BCUT2D eigenvalue weighted by atomic mass is 9.65. The van der Waals surface area contributed by atoms with Gasteiger partial charge in [-0.05, 0) is 79.1 Å². The number of hydrogen-bond acceptors (Lipinski definition) is 5. The predicted octanol–water partition coefficient (Wildman–Crippen LogP) is 5.87. The van der Waals surface area contributed by atoms with Crippen LogP contribution in [0.2, 0.25) is 0 Å². The minimum Gasteiger partial charge on any atom is -0.340 e. The number of rotatable bonds is 3. The van der Waals surface area contributed by atoms with Crippen molar-refractivity contribution in [2.75, 3.05) is 16.9 Å². The van der Waals surface area contributed by atoms with Gasteiger partial charge in [0.25, 0.3) is 0 Å². The number of carbonyl (C=O) groups is 1. The summed E-state index contributed by atoms with van der Waals surface area (Å²) < 4.78 is 0. The van der Waals surface area contributed by atoms with Crippen molar-refractivity contribution in [2.24, 2.45) is 0 Å². The zero-order chi connectivity index (χ0) is 23.1. The van der Waals surface area contributed by atoms with Gasteiger partial charge in [0.2, 0.25) is 5.91 Å². The number of carbonyl (C=O) groups excluding carboxylic acids is 1. The molecule has 34 heavy (non-hydrogen) atoms. The van der Waals surface area contributed by atoms with E-state index in [9.17, 15) is 4.79 Å². The van der Waals surface area contributed by atoms with E-state index in [1.54, 1.807) is 18.0 Å². The van der Waals surface area contributed by atoms with Crippen LogP contribution in [-0.4, -0.2) is 22.1 Å². The minimum atomic E-state index is -0.301. The van der Waals surface area contributed by atoms with E-state index < -0.39 is 0 Å². The van der Waals surface area contributed by atoms with Crippen molar-refractivity contribution in [1.82, 2.24) is 9.97 Å². The number of nitrogens with zero attached hydrogens (tertiary/aromatic N) is 2. The van der Waals surface area contributed by atoms with Gasteiger partial charge in [0.15, 0.2) is 0 Å². The number of nitrogens with one attached hydrogen (secondary N) is 2. The van der Waals surface area contributed by atoms with Crippen LogP contribution in [0.4, 0.5) is 17.2 Å². The first-order valence-corrected chi connectivity index (χ1v) is 12.5. The highest BCUT2D eigenvalue weighted by molar-refractivity contribution is 7.98. The molecule has 2 aromatic carbocycles. The molecule has 1 aliphatic heterocycles. The summed E-state index contributed by atoms with van der Waals surface area (Å²) in [6, 6.07) is 18.2. The Balaban J connectivity index is 1.30. The third kappa shape index (κ3) is 3.49. The first-order valence-electron chi connectivity index (χ1n) is 11.3. The van der Waals surface area contributed by atoms with Crippen LogP contribution in [0.15, 0.2) is 71.9 Å². The van der Waals surface area contributed by atoms with Gasteiger partial charge < -0.3 is 10.6 Å². The summed E-state index contributed by atoms with van der Waals surface area (Å²) in [6.07, 6.45) is 8.63. The molecule has 1 fully saturated rings. The lowest BCUT2D eigenvalue weighted by molar-refractivity contribution is -0.123. The van der Waals surface area contributed by atoms with Gasteiger partial charge in [-0.1, -0.05) is 18.4 Å². The highest BCUT2D eigenvalue weighted by Gasteiger charge is 2.50. The fourth-order valence-electron chi connectivity index (χ4n) is 4.72. The molecule has 4 aromatic rings. The Morgan fingerprint density at radius 3 is 2.65 bits per heavy atom. The van der Waals surface area contributed by atoms with E-state index in [0.29, 0.717) is 5.69 Å². The van der Waals surface area contributed by atoms with Crippen LogP contribution in [0.1, 0.15) is 36.1 Å². The average Bonchev–Trinajstić information content (AvgIpc) is 3.14. The lowest BCUT2D eigenvalue weighted by Gasteiger charge is -2.36. The zero-order valence-electron chi connectivity index (χ0n) is 18.7. The van der Waals surface area contributed by atoms with Crippen molar-refractivity contribution in [1.29, 1.82) is 0 Å². The van der Waals surface area contributed by atoms with Crippen molar-refractivity contribution in [2.45, 2.75) is 29.6 Å². The number of aromatic nitrogens is 2. The fraction of sp³-hybridized carbons (Fsp3) is 0.179. The quantitative estimate of drug-likeness (QED) is 0.294. The number of fused-ring (bicyclic) bond motifs is 3. The van der Waals surface area contributed by atoms with E-state index in [-0.39, 0.29) is 11.3 Å². The van der Waals surface area contributed by atoms with Gasteiger partial charge in [0.1, 0.15) is 11.5 Å². The minimum absolute atomic E-state index is 0.130. The average molecular weight is 463 g/mol. The lowest BCUT2D eigenvalue weighted by Crippen LogP contribution is -2.40. The maximum absolute atomic E-state index is 12.5. The second-order valence-electron chi connectivity index (χ2n) is 8.70. The summed E-state index contributed by atoms with van der Waals surface area (Å²) in [5.74, 6) is 7.34. The largest absolute Gasteiger partial charge is 0.340 e. The van der Waals surface area contributed by atoms with Gasteiger partial charge >= 0.3 is 0 Å². The zero-order valence-corrected chi connectivity index (χ0v) is 19.5. The molecule has 2 N–H and O–H groups in total. The highest BCUT2D eigenvalue weighted by atomic mass is 32.2. The van der Waals surface area contributed by atoms with Crippen LogP contribution in [0.3, 0.4) is 0 Å². The van der Waals surface area contributed by atoms with Crippen molar-refractivity contribution >= 4 is 45.6 Å². The molecule has 0 radical (unpaired) electrons. The standard InChI is InChI=1S/C28H22N4OS/c1-34-21-7-5-20(6-8-21)31-26-16-22-19(17-30-26)11-14-29-24(22)10-4-18-3-9-23-25(15-18)32-27(33)28(23)12-2-13-28/h3,5-9,11,14-17H,2,12-13H2,1H3,(H,30,31)(H,32,33). The molecule has 0 saturated heterocycles. The van der Waals surface area contributed by atoms with Gasteiger partial charge in [-0.3, -0.25) is 4.79 Å². The Kier molecular flexibility index (Phi) is 5.00. The predicted molar refractivity (Wildman–Crippen MR) is 138 cm³/mol. The molecular formula is C28H22N4OS.